The molecule has 0 fully saturated rings. The molecule has 0 aliphatic carbocycles. The zero-order chi connectivity index (χ0) is 27.7. The van der Waals surface area contributed by atoms with Crippen molar-refractivity contribution in [3.63, 3.8) is 0 Å². The second kappa shape index (κ2) is 12.7. The third-order valence-corrected chi connectivity index (χ3v) is 6.54. The molecule has 0 spiro atoms. The predicted molar refractivity (Wildman–Crippen MR) is 166 cm³/mol. The normalized spacial score (nSPS) is 9.97. The van der Waals surface area contributed by atoms with Crippen LogP contribution >= 0.6 is 12.6 Å². The number of ether oxygens (including phenoxy) is 2. The molecule has 0 amide bonds. The number of anilines is 3. The molecule has 0 N–H and O–H groups in total. The molecule has 0 radical (unpaired) electrons. The fourth-order valence-electron chi connectivity index (χ4n) is 4.07. The SMILES string of the molecule is COc1ccc(N(c2ccc(C#Cc3ccc(C#Cc4ccc(S)cc4)cc3)cc2)c2ccc(OC)cc2)cc1. The van der Waals surface area contributed by atoms with Crippen molar-refractivity contribution in [3.05, 3.63) is 144 Å². The summed E-state index contributed by atoms with van der Waals surface area (Å²) in [7, 11) is 3.34. The zero-order valence-corrected chi connectivity index (χ0v) is 23.2. The molecule has 5 rings (SSSR count). The first-order valence-corrected chi connectivity index (χ1v) is 13.2. The molecule has 40 heavy (non-hydrogen) atoms. The van der Waals surface area contributed by atoms with E-state index in [0.717, 1.165) is 55.7 Å². The first-order chi connectivity index (χ1) is 19.6. The molecule has 0 saturated heterocycles. The fourth-order valence-corrected chi connectivity index (χ4v) is 4.22. The van der Waals surface area contributed by atoms with Crippen LogP contribution < -0.4 is 14.4 Å². The van der Waals surface area contributed by atoms with Crippen LogP contribution in [0, 0.1) is 23.7 Å². The molecule has 194 valence electrons. The van der Waals surface area contributed by atoms with Crippen molar-refractivity contribution in [3.8, 4) is 35.2 Å². The second-order valence-electron chi connectivity index (χ2n) is 8.90. The Morgan fingerprint density at radius 1 is 0.425 bits per heavy atom. The largest absolute Gasteiger partial charge is 0.497 e. The van der Waals surface area contributed by atoms with Gasteiger partial charge in [-0.3, -0.25) is 0 Å². The molecule has 0 bridgehead atoms. The summed E-state index contributed by atoms with van der Waals surface area (Å²) in [6.07, 6.45) is 0. The van der Waals surface area contributed by atoms with Gasteiger partial charge in [0.2, 0.25) is 0 Å². The Morgan fingerprint density at radius 2 is 0.700 bits per heavy atom. The molecule has 0 saturated carbocycles. The van der Waals surface area contributed by atoms with Crippen molar-refractivity contribution in [2.75, 3.05) is 19.1 Å². The Hall–Kier alpha value is -5.03. The molecule has 0 heterocycles. The second-order valence-corrected chi connectivity index (χ2v) is 9.42. The van der Waals surface area contributed by atoms with Gasteiger partial charge >= 0.3 is 0 Å². The maximum absolute atomic E-state index is 5.35. The lowest BCUT2D eigenvalue weighted by molar-refractivity contribution is 0.415. The number of thiol groups is 1. The molecule has 0 aromatic heterocycles. The average Bonchev–Trinajstić information content (AvgIpc) is 3.02. The number of methoxy groups -OCH3 is 2. The summed E-state index contributed by atoms with van der Waals surface area (Å²) in [5.74, 6) is 14.5. The van der Waals surface area contributed by atoms with Crippen LogP contribution in [-0.4, -0.2) is 14.2 Å². The van der Waals surface area contributed by atoms with Crippen molar-refractivity contribution in [1.29, 1.82) is 0 Å². The molecule has 0 unspecified atom stereocenters. The lowest BCUT2D eigenvalue weighted by Gasteiger charge is -2.25. The first kappa shape index (κ1) is 26.6. The number of hydrogen-bond donors (Lipinski definition) is 1. The number of nitrogens with zero attached hydrogens (tertiary/aromatic N) is 1. The summed E-state index contributed by atoms with van der Waals surface area (Å²) in [5.41, 5.74) is 6.84. The summed E-state index contributed by atoms with van der Waals surface area (Å²) in [6.45, 7) is 0. The standard InChI is InChI=1S/C36H27NO2S/c1-38-34-21-17-32(18-22-34)37(33-19-23-35(39-2)24-20-33)31-15-11-29(12-16-31)9-7-27-3-5-28(6-4-27)8-10-30-13-25-36(40)26-14-30/h3-6,11-26,40H,1-2H3. The van der Waals surface area contributed by atoms with E-state index in [4.69, 9.17) is 9.47 Å². The Kier molecular flexibility index (Phi) is 8.42. The van der Waals surface area contributed by atoms with Crippen molar-refractivity contribution < 1.29 is 9.47 Å². The Bertz CT molecular complexity index is 1640. The van der Waals surface area contributed by atoms with E-state index in [9.17, 15) is 0 Å². The monoisotopic (exact) mass is 537 g/mol. The molecule has 5 aromatic carbocycles. The van der Waals surface area contributed by atoms with Gasteiger partial charge in [-0.15, -0.1) is 12.6 Å². The van der Waals surface area contributed by atoms with E-state index < -0.39 is 0 Å². The van der Waals surface area contributed by atoms with Gasteiger partial charge in [0.15, 0.2) is 0 Å². The van der Waals surface area contributed by atoms with Gasteiger partial charge in [-0.05, 0) is 121 Å². The molecular weight excluding hydrogens is 510 g/mol. The third-order valence-electron chi connectivity index (χ3n) is 6.24. The van der Waals surface area contributed by atoms with E-state index in [-0.39, 0.29) is 0 Å². The Morgan fingerprint density at radius 3 is 1.02 bits per heavy atom. The summed E-state index contributed by atoms with van der Waals surface area (Å²) in [4.78, 5) is 3.11. The van der Waals surface area contributed by atoms with E-state index in [1.165, 1.54) is 0 Å². The van der Waals surface area contributed by atoms with Crippen molar-refractivity contribution in [1.82, 2.24) is 0 Å². The van der Waals surface area contributed by atoms with Gasteiger partial charge in [-0.2, -0.15) is 0 Å². The minimum atomic E-state index is 0.813. The smallest absolute Gasteiger partial charge is 0.119 e. The van der Waals surface area contributed by atoms with Gasteiger partial charge in [0.25, 0.3) is 0 Å². The van der Waals surface area contributed by atoms with Gasteiger partial charge in [-0.25, -0.2) is 0 Å². The van der Waals surface area contributed by atoms with Crippen molar-refractivity contribution in [2.24, 2.45) is 0 Å². The van der Waals surface area contributed by atoms with Gasteiger partial charge in [-0.1, -0.05) is 23.7 Å². The molecule has 0 aliphatic heterocycles. The first-order valence-electron chi connectivity index (χ1n) is 12.7. The topological polar surface area (TPSA) is 21.7 Å². The number of benzene rings is 5. The number of rotatable bonds is 5. The van der Waals surface area contributed by atoms with Gasteiger partial charge in [0.05, 0.1) is 14.2 Å². The summed E-state index contributed by atoms with van der Waals surface area (Å²) >= 11 is 4.31. The van der Waals surface area contributed by atoms with Gasteiger partial charge in [0.1, 0.15) is 11.5 Å². The van der Waals surface area contributed by atoms with Crippen LogP contribution in [0.15, 0.2) is 126 Å². The summed E-state index contributed by atoms with van der Waals surface area (Å²) < 4.78 is 10.7. The average molecular weight is 538 g/mol. The highest BCUT2D eigenvalue weighted by Gasteiger charge is 2.13. The van der Waals surface area contributed by atoms with Gasteiger partial charge < -0.3 is 14.4 Å². The molecule has 4 heteroatoms. The van der Waals surface area contributed by atoms with Crippen LogP contribution in [0.3, 0.4) is 0 Å². The van der Waals surface area contributed by atoms with Crippen LogP contribution in [-0.2, 0) is 0 Å². The van der Waals surface area contributed by atoms with Crippen molar-refractivity contribution in [2.45, 2.75) is 4.90 Å². The lowest BCUT2D eigenvalue weighted by atomic mass is 10.1. The maximum Gasteiger partial charge on any atom is 0.119 e. The molecular formula is C36H27NO2S. The summed E-state index contributed by atoms with van der Waals surface area (Å²) in [5, 5.41) is 0. The van der Waals surface area contributed by atoms with Crippen molar-refractivity contribution >= 4 is 29.7 Å². The minimum Gasteiger partial charge on any atom is -0.497 e. The molecule has 0 atom stereocenters. The molecule has 5 aromatic rings. The minimum absolute atomic E-state index is 0.813. The van der Waals surface area contributed by atoms with E-state index >= 15 is 0 Å². The quantitative estimate of drug-likeness (QED) is 0.180. The maximum atomic E-state index is 5.35. The molecule has 3 nitrogen and oxygen atoms in total. The van der Waals surface area contributed by atoms with Gasteiger partial charge in [0, 0.05) is 44.2 Å². The number of hydrogen-bond acceptors (Lipinski definition) is 4. The van der Waals surface area contributed by atoms with Crippen LogP contribution in [0.2, 0.25) is 0 Å². The Balaban J connectivity index is 1.34. The molecule has 0 aliphatic rings. The van der Waals surface area contributed by atoms with Crippen LogP contribution in [0.5, 0.6) is 11.5 Å². The van der Waals surface area contributed by atoms with Crippen LogP contribution in [0.4, 0.5) is 17.1 Å². The van der Waals surface area contributed by atoms with Crippen LogP contribution in [0.1, 0.15) is 22.3 Å². The van der Waals surface area contributed by atoms with Crippen LogP contribution in [0.25, 0.3) is 0 Å². The van der Waals surface area contributed by atoms with E-state index in [1.54, 1.807) is 14.2 Å². The highest BCUT2D eigenvalue weighted by atomic mass is 32.1. The zero-order valence-electron chi connectivity index (χ0n) is 22.3. The van der Waals surface area contributed by atoms with E-state index in [1.807, 2.05) is 109 Å². The fraction of sp³-hybridized carbons (Fsp3) is 0.0556. The summed E-state index contributed by atoms with van der Waals surface area (Å²) in [6, 6.07) is 40.1. The van der Waals surface area contributed by atoms with E-state index in [2.05, 4.69) is 53.3 Å². The Labute approximate surface area is 241 Å². The highest BCUT2D eigenvalue weighted by molar-refractivity contribution is 7.80. The van der Waals surface area contributed by atoms with E-state index in [0.29, 0.717) is 0 Å². The third kappa shape index (κ3) is 6.69. The highest BCUT2D eigenvalue weighted by Crippen LogP contribution is 2.36. The predicted octanol–water partition coefficient (Wildman–Crippen LogP) is 8.26. The lowest BCUT2D eigenvalue weighted by Crippen LogP contribution is -2.09.